The Balaban J connectivity index is 2.52. The molecule has 0 aliphatic heterocycles. The van der Waals surface area contributed by atoms with Gasteiger partial charge in [0, 0.05) is 7.05 Å². The van der Waals surface area contributed by atoms with Crippen LogP contribution in [0.1, 0.15) is 5.82 Å². The molecule has 0 bridgehead atoms. The molecule has 2 aromatic rings. The maximum absolute atomic E-state index is 5.72. The summed E-state index contributed by atoms with van der Waals surface area (Å²) in [7, 11) is 1.75. The first-order chi connectivity index (χ1) is 6.18. The average molecular weight is 179 g/mol. The van der Waals surface area contributed by atoms with Crippen molar-refractivity contribution in [2.45, 2.75) is 6.92 Å². The third-order valence-corrected chi connectivity index (χ3v) is 1.74. The van der Waals surface area contributed by atoms with E-state index >= 15 is 0 Å². The third kappa shape index (κ3) is 1.16. The van der Waals surface area contributed by atoms with Crippen LogP contribution in [0.15, 0.2) is 10.7 Å². The van der Waals surface area contributed by atoms with Gasteiger partial charge in [0.2, 0.25) is 0 Å². The first-order valence-electron chi connectivity index (χ1n) is 3.76. The zero-order chi connectivity index (χ0) is 9.42. The van der Waals surface area contributed by atoms with Crippen LogP contribution in [0.4, 0.5) is 5.82 Å². The van der Waals surface area contributed by atoms with Gasteiger partial charge in [-0.25, -0.2) is 0 Å². The van der Waals surface area contributed by atoms with Crippen LogP contribution in [-0.2, 0) is 7.05 Å². The number of nitrogens with two attached hydrogens (primary N) is 1. The minimum Gasteiger partial charge on any atom is -0.383 e. The van der Waals surface area contributed by atoms with E-state index in [1.807, 2.05) is 0 Å². The lowest BCUT2D eigenvalue weighted by molar-refractivity contribution is 0.426. The molecule has 0 fully saturated rings. The molecule has 0 aromatic carbocycles. The molecule has 2 N–H and O–H groups in total. The van der Waals surface area contributed by atoms with Crippen LogP contribution < -0.4 is 5.73 Å². The highest BCUT2D eigenvalue weighted by Crippen LogP contribution is 2.22. The molecule has 0 saturated carbocycles. The number of nitrogens with zero attached hydrogens (tertiary/aromatic N) is 4. The highest BCUT2D eigenvalue weighted by Gasteiger charge is 2.12. The van der Waals surface area contributed by atoms with Crippen molar-refractivity contribution < 1.29 is 4.52 Å². The molecule has 0 unspecified atom stereocenters. The molecule has 2 aromatic heterocycles. The van der Waals surface area contributed by atoms with Gasteiger partial charge >= 0.3 is 0 Å². The molecule has 0 saturated heterocycles. The summed E-state index contributed by atoms with van der Waals surface area (Å²) in [4.78, 5) is 4.04. The number of rotatable bonds is 1. The van der Waals surface area contributed by atoms with E-state index in [2.05, 4.69) is 15.2 Å². The Morgan fingerprint density at radius 1 is 1.54 bits per heavy atom. The number of hydrogen-bond donors (Lipinski definition) is 1. The van der Waals surface area contributed by atoms with Gasteiger partial charge in [0.25, 0.3) is 5.89 Å². The van der Waals surface area contributed by atoms with Gasteiger partial charge in [-0.3, -0.25) is 4.68 Å². The smallest absolute Gasteiger partial charge is 0.263 e. The Hall–Kier alpha value is -1.85. The van der Waals surface area contributed by atoms with Crippen LogP contribution in [0.2, 0.25) is 0 Å². The van der Waals surface area contributed by atoms with E-state index < -0.39 is 0 Å². The van der Waals surface area contributed by atoms with Crippen molar-refractivity contribution in [2.24, 2.45) is 7.05 Å². The molecule has 0 aliphatic carbocycles. The second kappa shape index (κ2) is 2.58. The Morgan fingerprint density at radius 2 is 2.31 bits per heavy atom. The van der Waals surface area contributed by atoms with Gasteiger partial charge in [-0.1, -0.05) is 5.16 Å². The van der Waals surface area contributed by atoms with Gasteiger partial charge in [-0.15, -0.1) is 0 Å². The van der Waals surface area contributed by atoms with E-state index in [1.54, 1.807) is 24.9 Å². The molecule has 0 amide bonds. The van der Waals surface area contributed by atoms with Crippen LogP contribution in [-0.4, -0.2) is 19.9 Å². The fourth-order valence-electron chi connectivity index (χ4n) is 1.02. The van der Waals surface area contributed by atoms with E-state index in [-0.39, 0.29) is 0 Å². The van der Waals surface area contributed by atoms with Crippen molar-refractivity contribution in [3.8, 4) is 11.5 Å². The summed E-state index contributed by atoms with van der Waals surface area (Å²) in [6.45, 7) is 1.75. The number of hydrogen-bond acceptors (Lipinski definition) is 5. The van der Waals surface area contributed by atoms with Crippen LogP contribution in [0.3, 0.4) is 0 Å². The zero-order valence-electron chi connectivity index (χ0n) is 7.35. The molecule has 0 spiro atoms. The fraction of sp³-hybridized carbons (Fsp3) is 0.286. The van der Waals surface area contributed by atoms with E-state index in [4.69, 9.17) is 10.3 Å². The van der Waals surface area contributed by atoms with Crippen molar-refractivity contribution in [1.82, 2.24) is 19.9 Å². The topological polar surface area (TPSA) is 82.8 Å². The number of nitrogen functional groups attached to an aromatic ring is 1. The van der Waals surface area contributed by atoms with E-state index in [0.29, 0.717) is 23.1 Å². The van der Waals surface area contributed by atoms with Gasteiger partial charge < -0.3 is 10.3 Å². The minimum atomic E-state index is 0.406. The summed E-state index contributed by atoms with van der Waals surface area (Å²) in [5, 5.41) is 7.63. The van der Waals surface area contributed by atoms with Crippen molar-refractivity contribution in [3.05, 3.63) is 12.0 Å². The van der Waals surface area contributed by atoms with E-state index in [1.165, 1.54) is 0 Å². The lowest BCUT2D eigenvalue weighted by Crippen LogP contribution is -1.98. The first kappa shape index (κ1) is 7.78. The number of aryl methyl sites for hydroxylation is 2. The Bertz CT molecular complexity index is 430. The highest BCUT2D eigenvalue weighted by atomic mass is 16.5. The standard InChI is InChI=1S/C7H9N5O/c1-4-10-7(13-11-4)5-3-9-12(2)6(5)8/h3H,8H2,1-2H3. The summed E-state index contributed by atoms with van der Waals surface area (Å²) < 4.78 is 6.50. The minimum absolute atomic E-state index is 0.406. The van der Waals surface area contributed by atoms with Gasteiger partial charge in [0.05, 0.1) is 6.20 Å². The SMILES string of the molecule is Cc1noc(-c2cnn(C)c2N)n1. The molecular formula is C7H9N5O. The van der Waals surface area contributed by atoms with E-state index in [0.717, 1.165) is 0 Å². The molecule has 6 nitrogen and oxygen atoms in total. The van der Waals surface area contributed by atoms with Crippen LogP contribution in [0.5, 0.6) is 0 Å². The van der Waals surface area contributed by atoms with Gasteiger partial charge in [0.1, 0.15) is 11.4 Å². The summed E-state index contributed by atoms with van der Waals surface area (Å²) in [5.74, 6) is 1.50. The molecule has 0 radical (unpaired) electrons. The molecule has 0 aliphatic rings. The first-order valence-corrected chi connectivity index (χ1v) is 3.76. The number of anilines is 1. The third-order valence-electron chi connectivity index (χ3n) is 1.74. The lowest BCUT2D eigenvalue weighted by Gasteiger charge is -1.93. The molecular weight excluding hydrogens is 170 g/mol. The molecule has 2 heterocycles. The van der Waals surface area contributed by atoms with Gasteiger partial charge in [0.15, 0.2) is 5.82 Å². The maximum Gasteiger partial charge on any atom is 0.263 e. The Labute approximate surface area is 74.4 Å². The van der Waals surface area contributed by atoms with Crippen LogP contribution in [0.25, 0.3) is 11.5 Å². The molecule has 6 heteroatoms. The maximum atomic E-state index is 5.72. The predicted molar refractivity (Wildman–Crippen MR) is 45.6 cm³/mol. The Kier molecular flexibility index (Phi) is 1.54. The van der Waals surface area contributed by atoms with E-state index in [9.17, 15) is 0 Å². The summed E-state index contributed by atoms with van der Waals surface area (Å²) in [5.41, 5.74) is 6.39. The van der Waals surface area contributed by atoms with Gasteiger partial charge in [-0.2, -0.15) is 10.1 Å². The quantitative estimate of drug-likeness (QED) is 0.683. The molecule has 2 rings (SSSR count). The normalized spacial score (nSPS) is 10.6. The largest absolute Gasteiger partial charge is 0.383 e. The summed E-state index contributed by atoms with van der Waals surface area (Å²) in [6, 6.07) is 0. The zero-order valence-corrected chi connectivity index (χ0v) is 7.35. The van der Waals surface area contributed by atoms with Crippen molar-refractivity contribution in [3.63, 3.8) is 0 Å². The molecule has 68 valence electrons. The molecule has 13 heavy (non-hydrogen) atoms. The predicted octanol–water partition coefficient (Wildman–Crippen LogP) is 0.361. The lowest BCUT2D eigenvalue weighted by atomic mass is 10.3. The fourth-order valence-corrected chi connectivity index (χ4v) is 1.02. The van der Waals surface area contributed by atoms with Gasteiger partial charge in [-0.05, 0) is 6.92 Å². The monoisotopic (exact) mass is 179 g/mol. The second-order valence-electron chi connectivity index (χ2n) is 2.71. The second-order valence-corrected chi connectivity index (χ2v) is 2.71. The highest BCUT2D eigenvalue weighted by molar-refractivity contribution is 5.66. The van der Waals surface area contributed by atoms with Crippen molar-refractivity contribution in [2.75, 3.05) is 5.73 Å². The van der Waals surface area contributed by atoms with Crippen molar-refractivity contribution >= 4 is 5.82 Å². The molecule has 0 atom stereocenters. The number of aromatic nitrogens is 4. The Morgan fingerprint density at radius 3 is 2.77 bits per heavy atom. The van der Waals surface area contributed by atoms with Crippen molar-refractivity contribution in [1.29, 1.82) is 0 Å². The summed E-state index contributed by atoms with van der Waals surface area (Å²) >= 11 is 0. The van der Waals surface area contributed by atoms with Crippen LogP contribution in [0, 0.1) is 6.92 Å². The summed E-state index contributed by atoms with van der Waals surface area (Å²) in [6.07, 6.45) is 1.60. The average Bonchev–Trinajstić information content (AvgIpc) is 2.62. The van der Waals surface area contributed by atoms with Crippen LogP contribution >= 0.6 is 0 Å².